The Morgan fingerprint density at radius 1 is 1.06 bits per heavy atom. The molecule has 3 aromatic rings. The Hall–Kier alpha value is -3.19. The second-order valence-electron chi connectivity index (χ2n) is 9.10. The van der Waals surface area contributed by atoms with Crippen molar-refractivity contribution in [1.82, 2.24) is 19.2 Å². The molecule has 2 aromatic carbocycles. The van der Waals surface area contributed by atoms with E-state index in [0.29, 0.717) is 5.92 Å². The van der Waals surface area contributed by atoms with E-state index in [9.17, 15) is 9.59 Å². The predicted octanol–water partition coefficient (Wildman–Crippen LogP) is 3.88. The Labute approximate surface area is 194 Å². The number of methoxy groups -OCH3 is 1. The number of hydrogen-bond donors (Lipinski definition) is 0. The van der Waals surface area contributed by atoms with Gasteiger partial charge >= 0.3 is 11.7 Å². The highest BCUT2D eigenvalue weighted by Gasteiger charge is 2.43. The van der Waals surface area contributed by atoms with E-state index in [1.165, 1.54) is 17.4 Å². The van der Waals surface area contributed by atoms with Gasteiger partial charge in [0.05, 0.1) is 18.8 Å². The molecule has 1 fully saturated rings. The molecule has 4 rings (SSSR count). The van der Waals surface area contributed by atoms with E-state index in [1.54, 1.807) is 10.9 Å². The summed E-state index contributed by atoms with van der Waals surface area (Å²) in [4.78, 5) is 27.6. The number of likely N-dealkylation sites (tertiary alicyclic amines) is 1. The fraction of sp³-hybridized carbons (Fsp3) is 0.423. The van der Waals surface area contributed by atoms with Crippen molar-refractivity contribution < 1.29 is 9.53 Å². The van der Waals surface area contributed by atoms with Crippen LogP contribution in [0.15, 0.2) is 65.7 Å². The van der Waals surface area contributed by atoms with Crippen LogP contribution in [0.3, 0.4) is 0 Å². The summed E-state index contributed by atoms with van der Waals surface area (Å²) in [5, 5.41) is 4.21. The minimum Gasteiger partial charge on any atom is -0.467 e. The van der Waals surface area contributed by atoms with Crippen LogP contribution >= 0.6 is 0 Å². The quantitative estimate of drug-likeness (QED) is 0.535. The lowest BCUT2D eigenvalue weighted by Crippen LogP contribution is -2.53. The molecule has 7 heteroatoms. The average molecular weight is 449 g/mol. The number of ether oxygens (including phenoxy) is 1. The van der Waals surface area contributed by atoms with Crippen LogP contribution in [0.25, 0.3) is 5.69 Å². The molecule has 1 atom stereocenters. The first-order chi connectivity index (χ1) is 15.9. The summed E-state index contributed by atoms with van der Waals surface area (Å²) in [6.07, 6.45) is 3.47. The zero-order valence-corrected chi connectivity index (χ0v) is 19.8. The monoisotopic (exact) mass is 448 g/mol. The number of carbonyl (C=O) groups is 1. The number of rotatable bonds is 6. The maximum absolute atomic E-state index is 12.8. The van der Waals surface area contributed by atoms with Gasteiger partial charge in [-0.2, -0.15) is 5.10 Å². The topological polar surface area (TPSA) is 69.4 Å². The fourth-order valence-electron chi connectivity index (χ4n) is 4.81. The molecule has 0 amide bonds. The van der Waals surface area contributed by atoms with Crippen LogP contribution in [-0.2, 0) is 15.1 Å². The lowest BCUT2D eigenvalue weighted by molar-refractivity contribution is -0.156. The van der Waals surface area contributed by atoms with Gasteiger partial charge in [0, 0.05) is 13.1 Å². The molecular weight excluding hydrogens is 416 g/mol. The molecule has 1 unspecified atom stereocenters. The van der Waals surface area contributed by atoms with E-state index in [1.807, 2.05) is 63.2 Å². The first kappa shape index (κ1) is 23.0. The van der Waals surface area contributed by atoms with E-state index < -0.39 is 5.54 Å². The Bertz CT molecular complexity index is 1140. The van der Waals surface area contributed by atoms with Gasteiger partial charge in [-0.3, -0.25) is 4.90 Å². The molecule has 174 valence electrons. The number of aromatic nitrogens is 3. The molecule has 0 bridgehead atoms. The lowest BCUT2D eigenvalue weighted by atomic mass is 9.84. The van der Waals surface area contributed by atoms with Gasteiger partial charge in [0.1, 0.15) is 11.9 Å². The van der Waals surface area contributed by atoms with Gasteiger partial charge in [-0.25, -0.2) is 18.8 Å². The highest BCUT2D eigenvalue weighted by Crippen LogP contribution is 2.36. The minimum atomic E-state index is -0.803. The van der Waals surface area contributed by atoms with Gasteiger partial charge in [0.15, 0.2) is 0 Å². The van der Waals surface area contributed by atoms with Crippen LogP contribution in [-0.4, -0.2) is 45.4 Å². The zero-order chi connectivity index (χ0) is 23.6. The summed E-state index contributed by atoms with van der Waals surface area (Å²) in [6, 6.07) is 18.1. The number of benzene rings is 2. The maximum Gasteiger partial charge on any atom is 0.350 e. The molecule has 0 spiro atoms. The molecule has 2 heterocycles. The standard InChI is InChI=1S/C26H32N4O3/c1-19(2)30-25(32)29(18-27-30)23-12-10-20(11-13-23)21-14-16-28(17-15-21)26(3,24(31)33-4)22-8-6-5-7-9-22/h5-13,18-19,21H,14-17H2,1-4H3. The highest BCUT2D eigenvalue weighted by molar-refractivity contribution is 5.82. The van der Waals surface area contributed by atoms with Crippen LogP contribution in [0.2, 0.25) is 0 Å². The Morgan fingerprint density at radius 2 is 1.70 bits per heavy atom. The molecule has 1 saturated heterocycles. The molecular formula is C26H32N4O3. The number of esters is 1. The molecule has 33 heavy (non-hydrogen) atoms. The second-order valence-corrected chi connectivity index (χ2v) is 9.10. The van der Waals surface area contributed by atoms with Crippen molar-refractivity contribution >= 4 is 5.97 Å². The predicted molar refractivity (Wildman–Crippen MR) is 128 cm³/mol. The first-order valence-electron chi connectivity index (χ1n) is 11.5. The van der Waals surface area contributed by atoms with Crippen LogP contribution < -0.4 is 5.69 Å². The van der Waals surface area contributed by atoms with Crippen LogP contribution in [0.1, 0.15) is 56.7 Å². The molecule has 1 aliphatic rings. The average Bonchev–Trinajstić information content (AvgIpc) is 3.25. The lowest BCUT2D eigenvalue weighted by Gasteiger charge is -2.43. The van der Waals surface area contributed by atoms with Crippen molar-refractivity contribution in [3.63, 3.8) is 0 Å². The smallest absolute Gasteiger partial charge is 0.350 e. The highest BCUT2D eigenvalue weighted by atomic mass is 16.5. The van der Waals surface area contributed by atoms with Crippen LogP contribution in [0.4, 0.5) is 0 Å². The third-order valence-electron chi connectivity index (χ3n) is 6.87. The Morgan fingerprint density at radius 3 is 2.24 bits per heavy atom. The van der Waals surface area contributed by atoms with Crippen molar-refractivity contribution in [2.24, 2.45) is 0 Å². The minimum absolute atomic E-state index is 0.0229. The molecule has 1 aromatic heterocycles. The van der Waals surface area contributed by atoms with E-state index >= 15 is 0 Å². The molecule has 0 radical (unpaired) electrons. The maximum atomic E-state index is 12.8. The molecule has 1 aliphatic heterocycles. The van der Waals surface area contributed by atoms with E-state index in [-0.39, 0.29) is 17.7 Å². The van der Waals surface area contributed by atoms with E-state index in [2.05, 4.69) is 22.1 Å². The second kappa shape index (κ2) is 9.35. The van der Waals surface area contributed by atoms with Crippen molar-refractivity contribution in [1.29, 1.82) is 0 Å². The zero-order valence-electron chi connectivity index (χ0n) is 19.8. The van der Waals surface area contributed by atoms with Gasteiger partial charge in [0.25, 0.3) is 0 Å². The van der Waals surface area contributed by atoms with Gasteiger partial charge in [-0.05, 0) is 62.8 Å². The summed E-state index contributed by atoms with van der Waals surface area (Å²) in [6.45, 7) is 7.44. The van der Waals surface area contributed by atoms with E-state index in [4.69, 9.17) is 4.74 Å². The van der Waals surface area contributed by atoms with Gasteiger partial charge in [-0.1, -0.05) is 42.5 Å². The van der Waals surface area contributed by atoms with E-state index in [0.717, 1.165) is 37.2 Å². The van der Waals surface area contributed by atoms with Gasteiger partial charge in [0.2, 0.25) is 0 Å². The summed E-state index contributed by atoms with van der Waals surface area (Å²) >= 11 is 0. The molecule has 0 N–H and O–H groups in total. The third kappa shape index (κ3) is 4.25. The van der Waals surface area contributed by atoms with Crippen molar-refractivity contribution in [2.45, 2.75) is 51.1 Å². The number of carbonyl (C=O) groups excluding carboxylic acids is 1. The van der Waals surface area contributed by atoms with Crippen LogP contribution in [0.5, 0.6) is 0 Å². The number of hydrogen-bond acceptors (Lipinski definition) is 5. The normalized spacial score (nSPS) is 17.1. The Balaban J connectivity index is 1.49. The molecule has 7 nitrogen and oxygen atoms in total. The Kier molecular flexibility index (Phi) is 6.51. The van der Waals surface area contributed by atoms with Crippen molar-refractivity contribution in [3.05, 3.63) is 82.5 Å². The largest absolute Gasteiger partial charge is 0.467 e. The van der Waals surface area contributed by atoms with Gasteiger partial charge < -0.3 is 4.74 Å². The van der Waals surface area contributed by atoms with Gasteiger partial charge in [-0.15, -0.1) is 0 Å². The SMILES string of the molecule is COC(=O)C(C)(c1ccccc1)N1CCC(c2ccc(-n3cnn(C(C)C)c3=O)cc2)CC1. The third-order valence-corrected chi connectivity index (χ3v) is 6.87. The number of nitrogens with zero attached hydrogens (tertiary/aromatic N) is 4. The summed E-state index contributed by atoms with van der Waals surface area (Å²) in [7, 11) is 1.45. The van der Waals surface area contributed by atoms with Crippen molar-refractivity contribution in [3.8, 4) is 5.69 Å². The number of piperidine rings is 1. The fourth-order valence-corrected chi connectivity index (χ4v) is 4.81. The summed E-state index contributed by atoms with van der Waals surface area (Å²) < 4.78 is 8.26. The molecule has 0 saturated carbocycles. The molecule has 0 aliphatic carbocycles. The van der Waals surface area contributed by atoms with Crippen LogP contribution in [0, 0.1) is 0 Å². The summed E-state index contributed by atoms with van der Waals surface area (Å²) in [5.74, 6) is 0.173. The summed E-state index contributed by atoms with van der Waals surface area (Å²) in [5.41, 5.74) is 2.08. The first-order valence-corrected chi connectivity index (χ1v) is 11.5. The van der Waals surface area contributed by atoms with Crippen molar-refractivity contribution in [2.75, 3.05) is 20.2 Å².